The summed E-state index contributed by atoms with van der Waals surface area (Å²) in [5.74, 6) is 0.219. The Labute approximate surface area is 109 Å². The largest absolute Gasteiger partial charge is 0.484 e. The number of benzene rings is 1. The van der Waals surface area contributed by atoms with Gasteiger partial charge in [-0.1, -0.05) is 11.6 Å². The maximum Gasteiger partial charge on any atom is 0.216 e. The Morgan fingerprint density at radius 3 is 2.89 bits per heavy atom. The Balaban J connectivity index is 2.03. The van der Waals surface area contributed by atoms with Gasteiger partial charge in [-0.25, -0.2) is 0 Å². The van der Waals surface area contributed by atoms with Gasteiger partial charge >= 0.3 is 0 Å². The van der Waals surface area contributed by atoms with Crippen LogP contribution < -0.4 is 4.74 Å². The van der Waals surface area contributed by atoms with Crippen LogP contribution in [0.1, 0.15) is 16.1 Å². The quantitative estimate of drug-likeness (QED) is 0.860. The number of nitriles is 1. The van der Waals surface area contributed by atoms with E-state index >= 15 is 0 Å². The molecule has 1 heterocycles. The van der Waals surface area contributed by atoms with Crippen molar-refractivity contribution in [3.8, 4) is 11.8 Å². The number of nitrogens with one attached hydrogen (secondary N) is 1. The van der Waals surface area contributed by atoms with Crippen LogP contribution in [0.3, 0.4) is 0 Å². The Morgan fingerprint density at radius 1 is 1.44 bits per heavy atom. The van der Waals surface area contributed by atoms with Gasteiger partial charge in [0.25, 0.3) is 0 Å². The summed E-state index contributed by atoms with van der Waals surface area (Å²) in [6.45, 7) is -0.105. The van der Waals surface area contributed by atoms with Crippen molar-refractivity contribution in [3.05, 3.63) is 52.8 Å². The first-order valence-electron chi connectivity index (χ1n) is 5.20. The molecule has 0 saturated heterocycles. The maximum absolute atomic E-state index is 11.7. The molecule has 0 spiro atoms. The van der Waals surface area contributed by atoms with Gasteiger partial charge in [-0.3, -0.25) is 4.79 Å². The van der Waals surface area contributed by atoms with Crippen LogP contribution >= 0.6 is 11.6 Å². The number of nitrogens with zero attached hydrogens (tertiary/aromatic N) is 1. The monoisotopic (exact) mass is 260 g/mol. The Morgan fingerprint density at radius 2 is 2.28 bits per heavy atom. The molecule has 0 fully saturated rings. The maximum atomic E-state index is 11.7. The molecule has 4 nitrogen and oxygen atoms in total. The summed E-state index contributed by atoms with van der Waals surface area (Å²) in [5, 5.41) is 9.00. The summed E-state index contributed by atoms with van der Waals surface area (Å²) in [7, 11) is 0. The minimum Gasteiger partial charge on any atom is -0.484 e. The van der Waals surface area contributed by atoms with Crippen LogP contribution in [0.5, 0.6) is 5.75 Å². The van der Waals surface area contributed by atoms with Crippen molar-refractivity contribution in [1.29, 1.82) is 5.26 Å². The van der Waals surface area contributed by atoms with Crippen LogP contribution in [0, 0.1) is 11.3 Å². The number of ether oxygens (including phenoxy) is 1. The molecule has 2 aromatic rings. The molecule has 0 amide bonds. The van der Waals surface area contributed by atoms with Gasteiger partial charge in [0.05, 0.1) is 22.3 Å². The lowest BCUT2D eigenvalue weighted by Crippen LogP contribution is -2.12. The Bertz CT molecular complexity index is 600. The van der Waals surface area contributed by atoms with Gasteiger partial charge in [0.15, 0.2) is 6.61 Å². The first kappa shape index (κ1) is 12.2. The van der Waals surface area contributed by atoms with Crippen molar-refractivity contribution >= 4 is 17.4 Å². The Kier molecular flexibility index (Phi) is 3.66. The second-order valence-electron chi connectivity index (χ2n) is 3.55. The highest BCUT2D eigenvalue weighted by Gasteiger charge is 2.09. The number of H-pyrrole nitrogens is 1. The second kappa shape index (κ2) is 5.39. The Hall–Kier alpha value is -2.25. The SMILES string of the molecule is N#Cc1ccc(OCC(=O)c2ccc[nH]2)c(Cl)c1. The van der Waals surface area contributed by atoms with E-state index in [9.17, 15) is 4.79 Å². The minimum atomic E-state index is -0.166. The number of carbonyl (C=O) groups is 1. The number of rotatable bonds is 4. The van der Waals surface area contributed by atoms with Gasteiger partial charge in [0, 0.05) is 6.20 Å². The van der Waals surface area contributed by atoms with Gasteiger partial charge in [0.2, 0.25) is 5.78 Å². The van der Waals surface area contributed by atoms with Crippen molar-refractivity contribution in [2.24, 2.45) is 0 Å². The van der Waals surface area contributed by atoms with Crippen LogP contribution in [-0.4, -0.2) is 17.4 Å². The highest BCUT2D eigenvalue weighted by Crippen LogP contribution is 2.25. The highest BCUT2D eigenvalue weighted by atomic mass is 35.5. The van der Waals surface area contributed by atoms with E-state index in [1.807, 2.05) is 6.07 Å². The molecule has 1 aromatic heterocycles. The lowest BCUT2D eigenvalue weighted by atomic mass is 10.2. The van der Waals surface area contributed by atoms with E-state index in [4.69, 9.17) is 21.6 Å². The fourth-order valence-electron chi connectivity index (χ4n) is 1.41. The molecule has 1 N–H and O–H groups in total. The number of hydrogen-bond donors (Lipinski definition) is 1. The van der Waals surface area contributed by atoms with E-state index in [-0.39, 0.29) is 12.4 Å². The molecule has 0 aliphatic heterocycles. The number of aromatic nitrogens is 1. The number of carbonyl (C=O) groups excluding carboxylic acids is 1. The molecule has 0 unspecified atom stereocenters. The summed E-state index contributed by atoms with van der Waals surface area (Å²) in [6, 6.07) is 10.0. The number of aromatic amines is 1. The van der Waals surface area contributed by atoms with E-state index in [1.165, 1.54) is 6.07 Å². The third-order valence-electron chi connectivity index (χ3n) is 2.32. The summed E-state index contributed by atoms with van der Waals surface area (Å²) < 4.78 is 5.31. The smallest absolute Gasteiger partial charge is 0.216 e. The number of halogens is 1. The molecule has 0 aliphatic carbocycles. The number of hydrogen-bond acceptors (Lipinski definition) is 3. The lowest BCUT2D eigenvalue weighted by Gasteiger charge is -2.06. The summed E-state index contributed by atoms with van der Waals surface area (Å²) in [5.41, 5.74) is 0.933. The number of ketones is 1. The van der Waals surface area contributed by atoms with E-state index < -0.39 is 0 Å². The molecular formula is C13H9ClN2O2. The molecule has 0 atom stereocenters. The molecule has 0 radical (unpaired) electrons. The standard InChI is InChI=1S/C13H9ClN2O2/c14-10-6-9(7-15)3-4-13(10)18-8-12(17)11-2-1-5-16-11/h1-6,16H,8H2. The molecule has 2 rings (SSSR count). The van der Waals surface area contributed by atoms with Crippen molar-refractivity contribution in [2.75, 3.05) is 6.61 Å². The summed E-state index contributed by atoms with van der Waals surface area (Å²) >= 11 is 5.92. The molecule has 5 heteroatoms. The van der Waals surface area contributed by atoms with Crippen LogP contribution in [0.15, 0.2) is 36.5 Å². The topological polar surface area (TPSA) is 65.9 Å². The third kappa shape index (κ3) is 2.70. The van der Waals surface area contributed by atoms with Crippen molar-refractivity contribution in [2.45, 2.75) is 0 Å². The van der Waals surface area contributed by atoms with Crippen LogP contribution in [0.2, 0.25) is 5.02 Å². The van der Waals surface area contributed by atoms with Gasteiger partial charge in [-0.05, 0) is 30.3 Å². The van der Waals surface area contributed by atoms with E-state index in [0.717, 1.165) is 0 Å². The van der Waals surface area contributed by atoms with E-state index in [1.54, 1.807) is 30.5 Å². The summed E-state index contributed by atoms with van der Waals surface area (Å²) in [6.07, 6.45) is 1.67. The first-order chi connectivity index (χ1) is 8.70. The molecule has 0 saturated carbocycles. The molecule has 1 aromatic carbocycles. The molecule has 0 bridgehead atoms. The highest BCUT2D eigenvalue weighted by molar-refractivity contribution is 6.32. The average molecular weight is 261 g/mol. The lowest BCUT2D eigenvalue weighted by molar-refractivity contribution is 0.0917. The van der Waals surface area contributed by atoms with Gasteiger partial charge in [0.1, 0.15) is 5.75 Å². The number of Topliss-reactive ketones (excluding diaryl/α,β-unsaturated/α-hetero) is 1. The molecular weight excluding hydrogens is 252 g/mol. The van der Waals surface area contributed by atoms with E-state index in [2.05, 4.69) is 4.98 Å². The zero-order valence-electron chi connectivity index (χ0n) is 9.31. The van der Waals surface area contributed by atoms with Gasteiger partial charge in [-0.15, -0.1) is 0 Å². The third-order valence-corrected chi connectivity index (χ3v) is 2.61. The van der Waals surface area contributed by atoms with E-state index in [0.29, 0.717) is 22.0 Å². The zero-order valence-corrected chi connectivity index (χ0v) is 10.1. The van der Waals surface area contributed by atoms with Crippen molar-refractivity contribution < 1.29 is 9.53 Å². The van der Waals surface area contributed by atoms with Crippen LogP contribution in [-0.2, 0) is 0 Å². The van der Waals surface area contributed by atoms with Crippen LogP contribution in [0.4, 0.5) is 0 Å². The van der Waals surface area contributed by atoms with Gasteiger partial charge < -0.3 is 9.72 Å². The van der Waals surface area contributed by atoms with Crippen molar-refractivity contribution in [1.82, 2.24) is 4.98 Å². The van der Waals surface area contributed by atoms with Crippen molar-refractivity contribution in [3.63, 3.8) is 0 Å². The van der Waals surface area contributed by atoms with Crippen LogP contribution in [0.25, 0.3) is 0 Å². The average Bonchev–Trinajstić information content (AvgIpc) is 2.90. The summed E-state index contributed by atoms with van der Waals surface area (Å²) in [4.78, 5) is 14.5. The molecule has 18 heavy (non-hydrogen) atoms. The predicted molar refractivity (Wildman–Crippen MR) is 66.8 cm³/mol. The minimum absolute atomic E-state index is 0.105. The fraction of sp³-hybridized carbons (Fsp3) is 0.0769. The predicted octanol–water partition coefficient (Wildman–Crippen LogP) is 2.80. The van der Waals surface area contributed by atoms with Gasteiger partial charge in [-0.2, -0.15) is 5.26 Å². The fourth-order valence-corrected chi connectivity index (χ4v) is 1.65. The molecule has 0 aliphatic rings. The second-order valence-corrected chi connectivity index (χ2v) is 3.96. The molecule has 90 valence electrons. The zero-order chi connectivity index (χ0) is 13.0. The normalized spacial score (nSPS) is 9.78. The first-order valence-corrected chi connectivity index (χ1v) is 5.57.